The van der Waals surface area contributed by atoms with E-state index in [1.54, 1.807) is 0 Å². The first kappa shape index (κ1) is 34.0. The number of benzene rings is 10. The minimum absolute atomic E-state index is 1.10. The molecule has 11 rings (SSSR count). The lowest BCUT2D eigenvalue weighted by molar-refractivity contribution is 1.30. The monoisotopic (exact) mass is 755 g/mol. The van der Waals surface area contributed by atoms with E-state index in [-0.39, 0.29) is 0 Å². The van der Waals surface area contributed by atoms with Gasteiger partial charge >= 0.3 is 0 Å². The quantitative estimate of drug-likeness (QED) is 0.146. The van der Waals surface area contributed by atoms with Gasteiger partial charge in [-0.25, -0.2) is 0 Å². The molecule has 0 bridgehead atoms. The molecule has 0 N–H and O–H groups in total. The molecule has 1 heterocycles. The van der Waals surface area contributed by atoms with Gasteiger partial charge in [0, 0.05) is 42.5 Å². The maximum absolute atomic E-state index is 2.51. The molecule has 272 valence electrons. The van der Waals surface area contributed by atoms with E-state index in [0.29, 0.717) is 0 Å². The summed E-state index contributed by atoms with van der Waals surface area (Å²) in [5.74, 6) is 0. The predicted octanol–water partition coefficient (Wildman–Crippen LogP) is 16.5. The third-order valence-corrected chi connectivity index (χ3v) is 12.6. The van der Waals surface area contributed by atoms with Gasteiger partial charge in [0.2, 0.25) is 0 Å². The van der Waals surface area contributed by atoms with Crippen molar-refractivity contribution >= 4 is 70.1 Å². The lowest BCUT2D eigenvalue weighted by Crippen LogP contribution is -2.12. The maximum Gasteiger partial charge on any atom is 0.0624 e. The van der Waals surface area contributed by atoms with Crippen LogP contribution in [-0.2, 0) is 0 Å². The second-order valence-electron chi connectivity index (χ2n) is 14.8. The second kappa shape index (κ2) is 14.4. The average molecular weight is 756 g/mol. The van der Waals surface area contributed by atoms with Crippen LogP contribution in [0.15, 0.2) is 224 Å². The van der Waals surface area contributed by atoms with Crippen molar-refractivity contribution in [3.8, 4) is 44.5 Å². The maximum atomic E-state index is 2.51. The Balaban J connectivity index is 1.23. The highest BCUT2D eigenvalue weighted by molar-refractivity contribution is 7.26. The van der Waals surface area contributed by atoms with Gasteiger partial charge in [0.25, 0.3) is 0 Å². The molecule has 0 saturated carbocycles. The number of hydrogen-bond acceptors (Lipinski definition) is 2. The zero-order valence-corrected chi connectivity index (χ0v) is 32.5. The Bertz CT molecular complexity index is 3290. The molecule has 1 nitrogen and oxygen atoms in total. The van der Waals surface area contributed by atoms with E-state index in [1.807, 2.05) is 11.3 Å². The van der Waals surface area contributed by atoms with Gasteiger partial charge in [-0.15, -0.1) is 11.3 Å². The fourth-order valence-electron chi connectivity index (χ4n) is 8.78. The topological polar surface area (TPSA) is 3.24 Å². The Hall–Kier alpha value is -7.26. The van der Waals surface area contributed by atoms with Gasteiger partial charge < -0.3 is 4.90 Å². The Morgan fingerprint density at radius 1 is 0.293 bits per heavy atom. The lowest BCUT2D eigenvalue weighted by atomic mass is 9.88. The van der Waals surface area contributed by atoms with Crippen LogP contribution in [0.25, 0.3) is 86.2 Å². The summed E-state index contributed by atoms with van der Waals surface area (Å²) in [6, 6.07) is 82.1. The smallest absolute Gasteiger partial charge is 0.0624 e. The van der Waals surface area contributed by atoms with Crippen molar-refractivity contribution < 1.29 is 0 Å². The summed E-state index contributed by atoms with van der Waals surface area (Å²) in [5.41, 5.74) is 12.9. The number of hydrogen-bond donors (Lipinski definition) is 0. The Labute approximate surface area is 342 Å². The Morgan fingerprint density at radius 2 is 0.759 bits per heavy atom. The van der Waals surface area contributed by atoms with E-state index in [2.05, 4.69) is 229 Å². The van der Waals surface area contributed by atoms with Gasteiger partial charge in [0.1, 0.15) is 0 Å². The number of anilines is 3. The third-order valence-electron chi connectivity index (χ3n) is 11.4. The van der Waals surface area contributed by atoms with E-state index >= 15 is 0 Å². The van der Waals surface area contributed by atoms with E-state index in [9.17, 15) is 0 Å². The molecular formula is C56H37NS. The van der Waals surface area contributed by atoms with Crippen LogP contribution >= 0.6 is 11.3 Å². The molecule has 0 atom stereocenters. The second-order valence-corrected chi connectivity index (χ2v) is 15.9. The summed E-state index contributed by atoms with van der Waals surface area (Å²) in [4.78, 5) is 2.51. The van der Waals surface area contributed by atoms with Crippen LogP contribution in [0, 0.1) is 0 Å². The van der Waals surface area contributed by atoms with Gasteiger partial charge in [-0.2, -0.15) is 0 Å². The van der Waals surface area contributed by atoms with Gasteiger partial charge in [-0.3, -0.25) is 0 Å². The van der Waals surface area contributed by atoms with Crippen molar-refractivity contribution in [2.45, 2.75) is 0 Å². The van der Waals surface area contributed by atoms with Crippen LogP contribution < -0.4 is 4.90 Å². The summed E-state index contributed by atoms with van der Waals surface area (Å²) in [6.07, 6.45) is 0. The van der Waals surface area contributed by atoms with E-state index < -0.39 is 0 Å². The average Bonchev–Trinajstić information content (AvgIpc) is 3.69. The molecule has 0 spiro atoms. The van der Waals surface area contributed by atoms with Gasteiger partial charge in [-0.05, 0) is 91.5 Å². The molecule has 11 aromatic rings. The SMILES string of the molecule is c1ccc(-c2cccc(-c3c(N(c4cccc(-c5ccccc5)c4)c4cccc(-c5cccc6c5sc5ccccc56)c4)c4ccccc4c4ccccc34)c2)cc1. The first-order valence-electron chi connectivity index (χ1n) is 19.8. The normalized spacial score (nSPS) is 11.4. The molecule has 0 aliphatic carbocycles. The number of nitrogens with zero attached hydrogens (tertiary/aromatic N) is 1. The number of thiophene rings is 1. The molecule has 0 saturated heterocycles. The van der Waals surface area contributed by atoms with Crippen molar-refractivity contribution in [1.29, 1.82) is 0 Å². The van der Waals surface area contributed by atoms with Crippen molar-refractivity contribution in [3.63, 3.8) is 0 Å². The molecular weight excluding hydrogens is 719 g/mol. The molecule has 0 radical (unpaired) electrons. The first-order valence-corrected chi connectivity index (χ1v) is 20.7. The predicted molar refractivity (Wildman–Crippen MR) is 251 cm³/mol. The zero-order valence-electron chi connectivity index (χ0n) is 31.7. The number of rotatable bonds is 7. The summed E-state index contributed by atoms with van der Waals surface area (Å²) in [5, 5.41) is 7.50. The minimum atomic E-state index is 1.10. The highest BCUT2D eigenvalue weighted by Gasteiger charge is 2.25. The summed E-state index contributed by atoms with van der Waals surface area (Å²) < 4.78 is 2.62. The standard InChI is InChI=1S/C56H37NS/c1-3-17-38(18-4-1)40-21-13-24-43(35-40)54-50-30-9-7-27-47(50)48-28-8-10-31-51(48)55(54)57(44-25-14-22-41(36-44)39-19-5-2-6-20-39)45-26-15-23-42(37-45)46-32-16-33-52-49-29-11-12-34-53(49)58-56(46)52/h1-37H. The molecule has 58 heavy (non-hydrogen) atoms. The minimum Gasteiger partial charge on any atom is -0.309 e. The fourth-order valence-corrected chi connectivity index (χ4v) is 10.0. The van der Waals surface area contributed by atoms with E-state index in [1.165, 1.54) is 86.2 Å². The van der Waals surface area contributed by atoms with Crippen molar-refractivity contribution in [3.05, 3.63) is 224 Å². The summed E-state index contributed by atoms with van der Waals surface area (Å²) >= 11 is 1.88. The highest BCUT2D eigenvalue weighted by atomic mass is 32.1. The molecule has 0 aliphatic heterocycles. The van der Waals surface area contributed by atoms with Gasteiger partial charge in [0.15, 0.2) is 0 Å². The van der Waals surface area contributed by atoms with Crippen LogP contribution in [-0.4, -0.2) is 0 Å². The first-order chi connectivity index (χ1) is 28.8. The Morgan fingerprint density at radius 3 is 1.47 bits per heavy atom. The molecule has 0 amide bonds. The molecule has 2 heteroatoms. The van der Waals surface area contributed by atoms with Crippen molar-refractivity contribution in [1.82, 2.24) is 0 Å². The molecule has 0 aliphatic rings. The van der Waals surface area contributed by atoms with Crippen LogP contribution in [0.2, 0.25) is 0 Å². The van der Waals surface area contributed by atoms with Crippen molar-refractivity contribution in [2.75, 3.05) is 4.90 Å². The third kappa shape index (κ3) is 5.86. The number of fused-ring (bicyclic) bond motifs is 6. The lowest BCUT2D eigenvalue weighted by Gasteiger charge is -2.31. The van der Waals surface area contributed by atoms with E-state index in [0.717, 1.165) is 17.1 Å². The fraction of sp³-hybridized carbons (Fsp3) is 0. The molecule has 1 aromatic heterocycles. The Kier molecular flexibility index (Phi) is 8.42. The van der Waals surface area contributed by atoms with Crippen LogP contribution in [0.3, 0.4) is 0 Å². The zero-order chi connectivity index (χ0) is 38.4. The summed E-state index contributed by atoms with van der Waals surface area (Å²) in [6.45, 7) is 0. The molecule has 0 unspecified atom stereocenters. The summed E-state index contributed by atoms with van der Waals surface area (Å²) in [7, 11) is 0. The molecule has 0 fully saturated rings. The highest BCUT2D eigenvalue weighted by Crippen LogP contribution is 2.51. The van der Waals surface area contributed by atoms with Crippen LogP contribution in [0.1, 0.15) is 0 Å². The molecule has 10 aromatic carbocycles. The largest absolute Gasteiger partial charge is 0.309 e. The van der Waals surface area contributed by atoms with E-state index in [4.69, 9.17) is 0 Å². The van der Waals surface area contributed by atoms with Crippen molar-refractivity contribution in [2.24, 2.45) is 0 Å². The van der Waals surface area contributed by atoms with Crippen LogP contribution in [0.5, 0.6) is 0 Å². The van der Waals surface area contributed by atoms with Gasteiger partial charge in [-0.1, -0.05) is 188 Å². The van der Waals surface area contributed by atoms with Crippen LogP contribution in [0.4, 0.5) is 17.1 Å². The van der Waals surface area contributed by atoms with Gasteiger partial charge in [0.05, 0.1) is 5.69 Å².